The minimum absolute atomic E-state index is 0.133. The molecule has 0 atom stereocenters. The molecule has 0 aliphatic carbocycles. The summed E-state index contributed by atoms with van der Waals surface area (Å²) in [6, 6.07) is 0. The Morgan fingerprint density at radius 3 is 2.79 bits per heavy atom. The van der Waals surface area contributed by atoms with Gasteiger partial charge in [0.05, 0.1) is 11.3 Å². The molecule has 0 radical (unpaired) electrons. The number of rotatable bonds is 9. The quantitative estimate of drug-likeness (QED) is 0.666. The lowest BCUT2D eigenvalue weighted by molar-refractivity contribution is 0.0695. The zero-order valence-electron chi connectivity index (χ0n) is 11.5. The molecule has 0 bridgehead atoms. The van der Waals surface area contributed by atoms with Gasteiger partial charge in [-0.1, -0.05) is 13.3 Å². The Bertz CT molecular complexity index is 410. The second kappa shape index (κ2) is 8.42. The predicted molar refractivity (Wildman–Crippen MR) is 72.6 cm³/mol. The van der Waals surface area contributed by atoms with E-state index in [4.69, 9.17) is 9.84 Å². The molecule has 1 heterocycles. The molecule has 6 heteroatoms. The molecular formula is C13H21N3O3. The molecule has 2 N–H and O–H groups in total. The number of hydrogen-bond acceptors (Lipinski definition) is 5. The van der Waals surface area contributed by atoms with Crippen LogP contribution >= 0.6 is 0 Å². The highest BCUT2D eigenvalue weighted by Crippen LogP contribution is 2.06. The van der Waals surface area contributed by atoms with Crippen molar-refractivity contribution in [3.63, 3.8) is 0 Å². The largest absolute Gasteiger partial charge is 0.478 e. The van der Waals surface area contributed by atoms with Crippen LogP contribution in [0.3, 0.4) is 0 Å². The van der Waals surface area contributed by atoms with Gasteiger partial charge >= 0.3 is 5.97 Å². The molecule has 0 aliphatic rings. The number of carboxylic acid groups (broad SMARTS) is 1. The molecule has 0 amide bonds. The fraction of sp³-hybridized carbons (Fsp3) is 0.615. The van der Waals surface area contributed by atoms with Crippen LogP contribution in [0.1, 0.15) is 42.2 Å². The average Bonchev–Trinajstić information content (AvgIpc) is 2.37. The summed E-state index contributed by atoms with van der Waals surface area (Å²) in [6.07, 6.45) is 4.42. The van der Waals surface area contributed by atoms with E-state index in [2.05, 4.69) is 22.2 Å². The Kier molecular flexibility index (Phi) is 6.81. The van der Waals surface area contributed by atoms with E-state index in [1.165, 1.54) is 6.20 Å². The highest BCUT2D eigenvalue weighted by molar-refractivity contribution is 5.88. The van der Waals surface area contributed by atoms with E-state index in [-0.39, 0.29) is 5.56 Å². The Morgan fingerprint density at radius 2 is 2.16 bits per heavy atom. The smallest absolute Gasteiger partial charge is 0.339 e. The van der Waals surface area contributed by atoms with Crippen LogP contribution in [0.2, 0.25) is 0 Å². The molecular weight excluding hydrogens is 246 g/mol. The number of hydrogen-bond donors (Lipinski definition) is 2. The first kappa shape index (κ1) is 15.4. The molecule has 1 aromatic heterocycles. The maximum atomic E-state index is 10.8. The van der Waals surface area contributed by atoms with Crippen molar-refractivity contribution in [1.29, 1.82) is 0 Å². The van der Waals surface area contributed by atoms with Gasteiger partial charge in [-0.15, -0.1) is 0 Å². The molecule has 0 saturated carbocycles. The van der Waals surface area contributed by atoms with Gasteiger partial charge in [0.1, 0.15) is 0 Å². The lowest BCUT2D eigenvalue weighted by Crippen LogP contribution is -2.11. The van der Waals surface area contributed by atoms with Gasteiger partial charge in [0, 0.05) is 26.0 Å². The zero-order chi connectivity index (χ0) is 14.1. The summed E-state index contributed by atoms with van der Waals surface area (Å²) in [7, 11) is 0. The number of aromatic nitrogens is 2. The number of ether oxygens (including phenoxy) is 1. The van der Waals surface area contributed by atoms with E-state index in [0.29, 0.717) is 24.8 Å². The maximum absolute atomic E-state index is 10.8. The van der Waals surface area contributed by atoms with Crippen molar-refractivity contribution in [1.82, 2.24) is 9.97 Å². The SMILES string of the molecule is CCCCOCCCNc1ncc(C(=O)O)c(C)n1. The maximum Gasteiger partial charge on any atom is 0.339 e. The Hall–Kier alpha value is -1.69. The number of anilines is 1. The lowest BCUT2D eigenvalue weighted by atomic mass is 10.2. The van der Waals surface area contributed by atoms with Crippen LogP contribution in [-0.4, -0.2) is 40.8 Å². The number of aryl methyl sites for hydroxylation is 1. The van der Waals surface area contributed by atoms with Crippen LogP contribution in [0.15, 0.2) is 6.20 Å². The molecule has 19 heavy (non-hydrogen) atoms. The molecule has 0 spiro atoms. The van der Waals surface area contributed by atoms with Gasteiger partial charge in [0.2, 0.25) is 5.95 Å². The van der Waals surface area contributed by atoms with E-state index >= 15 is 0 Å². The van der Waals surface area contributed by atoms with Gasteiger partial charge in [-0.2, -0.15) is 0 Å². The fourth-order valence-corrected chi connectivity index (χ4v) is 1.49. The first-order chi connectivity index (χ1) is 9.15. The first-order valence-corrected chi connectivity index (χ1v) is 6.53. The monoisotopic (exact) mass is 267 g/mol. The van der Waals surface area contributed by atoms with Gasteiger partial charge < -0.3 is 15.2 Å². The summed E-state index contributed by atoms with van der Waals surface area (Å²) in [4.78, 5) is 18.9. The number of carboxylic acids is 1. The molecule has 1 aromatic rings. The first-order valence-electron chi connectivity index (χ1n) is 6.53. The summed E-state index contributed by atoms with van der Waals surface area (Å²) in [5.41, 5.74) is 0.595. The highest BCUT2D eigenvalue weighted by Gasteiger charge is 2.09. The molecule has 0 aromatic carbocycles. The summed E-state index contributed by atoms with van der Waals surface area (Å²) in [6.45, 7) is 6.01. The van der Waals surface area contributed by atoms with E-state index in [9.17, 15) is 4.79 Å². The molecule has 0 fully saturated rings. The summed E-state index contributed by atoms with van der Waals surface area (Å²) >= 11 is 0. The molecule has 1 rings (SSSR count). The zero-order valence-corrected chi connectivity index (χ0v) is 11.5. The third-order valence-electron chi connectivity index (χ3n) is 2.60. The van der Waals surface area contributed by atoms with Crippen LogP contribution < -0.4 is 5.32 Å². The van der Waals surface area contributed by atoms with E-state index in [1.54, 1.807) is 6.92 Å². The molecule has 0 saturated heterocycles. The van der Waals surface area contributed by atoms with Crippen LogP contribution in [0.25, 0.3) is 0 Å². The van der Waals surface area contributed by atoms with Crippen molar-refractivity contribution in [2.24, 2.45) is 0 Å². The molecule has 6 nitrogen and oxygen atoms in total. The predicted octanol–water partition coefficient (Wildman–Crippen LogP) is 2.10. The van der Waals surface area contributed by atoms with Gasteiger partial charge in [-0.3, -0.25) is 0 Å². The van der Waals surface area contributed by atoms with Gasteiger partial charge in [0.25, 0.3) is 0 Å². The van der Waals surface area contributed by atoms with Crippen molar-refractivity contribution < 1.29 is 14.6 Å². The van der Waals surface area contributed by atoms with Crippen molar-refractivity contribution in [2.75, 3.05) is 25.1 Å². The second-order valence-electron chi connectivity index (χ2n) is 4.24. The Morgan fingerprint density at radius 1 is 1.42 bits per heavy atom. The highest BCUT2D eigenvalue weighted by atomic mass is 16.5. The van der Waals surface area contributed by atoms with Crippen molar-refractivity contribution in [3.8, 4) is 0 Å². The Balaban J connectivity index is 2.26. The third-order valence-corrected chi connectivity index (χ3v) is 2.60. The summed E-state index contributed by atoms with van der Waals surface area (Å²) in [5, 5.41) is 11.9. The second-order valence-corrected chi connectivity index (χ2v) is 4.24. The van der Waals surface area contributed by atoms with Crippen molar-refractivity contribution in [3.05, 3.63) is 17.5 Å². The van der Waals surface area contributed by atoms with Crippen LogP contribution in [-0.2, 0) is 4.74 Å². The van der Waals surface area contributed by atoms with Gasteiger partial charge in [-0.25, -0.2) is 14.8 Å². The van der Waals surface area contributed by atoms with Crippen LogP contribution in [0.4, 0.5) is 5.95 Å². The van der Waals surface area contributed by atoms with Crippen molar-refractivity contribution >= 4 is 11.9 Å². The number of nitrogens with zero attached hydrogens (tertiary/aromatic N) is 2. The van der Waals surface area contributed by atoms with Crippen LogP contribution in [0.5, 0.6) is 0 Å². The Labute approximate surface area is 113 Å². The normalized spacial score (nSPS) is 10.4. The van der Waals surface area contributed by atoms with Crippen LogP contribution in [0, 0.1) is 6.92 Å². The van der Waals surface area contributed by atoms with Gasteiger partial charge in [0.15, 0.2) is 0 Å². The third kappa shape index (κ3) is 5.65. The van der Waals surface area contributed by atoms with E-state index < -0.39 is 5.97 Å². The summed E-state index contributed by atoms with van der Waals surface area (Å²) in [5.74, 6) is -0.551. The summed E-state index contributed by atoms with van der Waals surface area (Å²) < 4.78 is 5.43. The minimum Gasteiger partial charge on any atom is -0.478 e. The fourth-order valence-electron chi connectivity index (χ4n) is 1.49. The average molecular weight is 267 g/mol. The lowest BCUT2D eigenvalue weighted by Gasteiger charge is -2.07. The minimum atomic E-state index is -1.01. The van der Waals surface area contributed by atoms with Gasteiger partial charge in [-0.05, 0) is 19.8 Å². The molecule has 0 unspecified atom stereocenters. The number of aromatic carboxylic acids is 1. The number of unbranched alkanes of at least 4 members (excludes halogenated alkanes) is 1. The molecule has 0 aliphatic heterocycles. The number of carbonyl (C=O) groups is 1. The standard InChI is InChI=1S/C13H21N3O3/c1-3-4-7-19-8-5-6-14-13-15-9-11(12(17)18)10(2)16-13/h9H,3-8H2,1-2H3,(H,17,18)(H,14,15,16). The van der Waals surface area contributed by atoms with E-state index in [1.807, 2.05) is 0 Å². The number of nitrogens with one attached hydrogen (secondary N) is 1. The van der Waals surface area contributed by atoms with Crippen molar-refractivity contribution in [2.45, 2.75) is 33.1 Å². The molecule has 106 valence electrons. The topological polar surface area (TPSA) is 84.3 Å². The van der Waals surface area contributed by atoms with E-state index in [0.717, 1.165) is 25.9 Å².